The Kier molecular flexibility index (Phi) is 5.27. The predicted octanol–water partition coefficient (Wildman–Crippen LogP) is 3.28. The number of nitrogens with zero attached hydrogens (tertiary/aromatic N) is 2. The molecule has 1 aromatic heterocycles. The van der Waals surface area contributed by atoms with Crippen molar-refractivity contribution in [1.29, 1.82) is 0 Å². The van der Waals surface area contributed by atoms with Crippen LogP contribution < -0.4 is 4.74 Å². The molecule has 1 saturated heterocycles. The van der Waals surface area contributed by atoms with Crippen molar-refractivity contribution in [2.24, 2.45) is 0 Å². The van der Waals surface area contributed by atoms with Crippen LogP contribution in [0.4, 0.5) is 0 Å². The molecule has 2 aromatic carbocycles. The third-order valence-electron chi connectivity index (χ3n) is 5.71. The zero-order valence-corrected chi connectivity index (χ0v) is 18.0. The van der Waals surface area contributed by atoms with Crippen molar-refractivity contribution in [3.05, 3.63) is 59.0 Å². The highest BCUT2D eigenvalue weighted by molar-refractivity contribution is 7.91. The summed E-state index contributed by atoms with van der Waals surface area (Å²) < 4.78 is 35.0. The molecule has 7 nitrogen and oxygen atoms in total. The van der Waals surface area contributed by atoms with Gasteiger partial charge in [0.15, 0.2) is 9.84 Å². The average molecular weight is 429 g/mol. The first kappa shape index (κ1) is 20.4. The maximum absolute atomic E-state index is 13.3. The van der Waals surface area contributed by atoms with Gasteiger partial charge in [-0.25, -0.2) is 8.42 Å². The fourth-order valence-corrected chi connectivity index (χ4v) is 5.57. The molecular weight excluding hydrogens is 404 g/mol. The predicted molar refractivity (Wildman–Crippen MR) is 113 cm³/mol. The molecule has 8 heteroatoms. The van der Waals surface area contributed by atoms with Gasteiger partial charge in [-0.1, -0.05) is 29.4 Å². The molecule has 1 aliphatic rings. The highest BCUT2D eigenvalue weighted by Gasteiger charge is 2.34. The number of hydrogen-bond acceptors (Lipinski definition) is 6. The van der Waals surface area contributed by atoms with Crippen molar-refractivity contribution in [1.82, 2.24) is 10.1 Å². The molecule has 0 N–H and O–H groups in total. The van der Waals surface area contributed by atoms with Gasteiger partial charge < -0.3 is 14.2 Å². The summed E-state index contributed by atoms with van der Waals surface area (Å²) in [7, 11) is -1.44. The van der Waals surface area contributed by atoms with Gasteiger partial charge in [0.25, 0.3) is 5.91 Å². The molecule has 0 spiro atoms. The van der Waals surface area contributed by atoms with Crippen LogP contribution in [0, 0.1) is 13.8 Å². The van der Waals surface area contributed by atoms with Gasteiger partial charge in [-0.15, -0.1) is 0 Å². The second kappa shape index (κ2) is 7.75. The normalized spacial score (nSPS) is 17.9. The topological polar surface area (TPSA) is 89.7 Å². The van der Waals surface area contributed by atoms with Crippen molar-refractivity contribution in [2.75, 3.05) is 18.6 Å². The Labute approximate surface area is 175 Å². The van der Waals surface area contributed by atoms with E-state index < -0.39 is 9.84 Å². The van der Waals surface area contributed by atoms with Crippen LogP contribution in [0.2, 0.25) is 0 Å². The maximum atomic E-state index is 13.3. The lowest BCUT2D eigenvalue weighted by Gasteiger charge is -2.24. The minimum absolute atomic E-state index is 0.00189. The van der Waals surface area contributed by atoms with Crippen molar-refractivity contribution in [3.8, 4) is 5.75 Å². The average Bonchev–Trinajstić information content (AvgIpc) is 3.25. The standard InChI is InChI=1S/C22H24N2O5S/c1-14-20(15(2)29-23-14)12-28-21-11-17-7-5-4-6-16(17)10-19(21)22(25)24(3)18-8-9-30(26,27)13-18/h4-7,10-11,18H,8-9,12-13H2,1-3H3. The van der Waals surface area contributed by atoms with Gasteiger partial charge in [0.05, 0.1) is 28.3 Å². The van der Waals surface area contributed by atoms with Crippen LogP contribution in [0.25, 0.3) is 10.8 Å². The van der Waals surface area contributed by atoms with Crippen LogP contribution in [0.3, 0.4) is 0 Å². The van der Waals surface area contributed by atoms with E-state index in [1.807, 2.05) is 44.2 Å². The molecule has 158 valence electrons. The van der Waals surface area contributed by atoms with E-state index in [1.165, 1.54) is 4.90 Å². The largest absolute Gasteiger partial charge is 0.488 e. The van der Waals surface area contributed by atoms with Crippen molar-refractivity contribution in [3.63, 3.8) is 0 Å². The molecule has 0 saturated carbocycles. The lowest BCUT2D eigenvalue weighted by atomic mass is 10.0. The maximum Gasteiger partial charge on any atom is 0.257 e. The van der Waals surface area contributed by atoms with Crippen LogP contribution in [0.5, 0.6) is 5.75 Å². The molecule has 1 fully saturated rings. The quantitative estimate of drug-likeness (QED) is 0.620. The summed E-state index contributed by atoms with van der Waals surface area (Å²) in [6, 6.07) is 11.1. The van der Waals surface area contributed by atoms with Gasteiger partial charge in [-0.3, -0.25) is 4.79 Å². The molecule has 0 aliphatic carbocycles. The Morgan fingerprint density at radius 1 is 1.23 bits per heavy atom. The first-order valence-electron chi connectivity index (χ1n) is 9.80. The van der Waals surface area contributed by atoms with E-state index in [-0.39, 0.29) is 30.1 Å². The molecule has 1 atom stereocenters. The first-order valence-corrected chi connectivity index (χ1v) is 11.6. The van der Waals surface area contributed by atoms with Gasteiger partial charge in [0.1, 0.15) is 18.1 Å². The molecule has 4 rings (SSSR count). The number of rotatable bonds is 5. The summed E-state index contributed by atoms with van der Waals surface area (Å²) in [5.41, 5.74) is 2.00. The Morgan fingerprint density at radius 2 is 1.93 bits per heavy atom. The minimum Gasteiger partial charge on any atom is -0.488 e. The molecule has 2 heterocycles. The van der Waals surface area contributed by atoms with Crippen LogP contribution in [0.15, 0.2) is 40.9 Å². The van der Waals surface area contributed by atoms with E-state index >= 15 is 0 Å². The summed E-state index contributed by atoms with van der Waals surface area (Å²) in [6.45, 7) is 3.89. The Morgan fingerprint density at radius 3 is 2.53 bits per heavy atom. The lowest BCUT2D eigenvalue weighted by molar-refractivity contribution is 0.0743. The third kappa shape index (κ3) is 3.92. The Bertz CT molecular complexity index is 1200. The molecule has 1 amide bonds. The molecule has 3 aromatic rings. The van der Waals surface area contributed by atoms with Gasteiger partial charge >= 0.3 is 0 Å². The third-order valence-corrected chi connectivity index (χ3v) is 7.46. The summed E-state index contributed by atoms with van der Waals surface area (Å²) in [6.07, 6.45) is 0.452. The zero-order valence-electron chi connectivity index (χ0n) is 17.2. The monoisotopic (exact) mass is 428 g/mol. The van der Waals surface area contributed by atoms with Crippen LogP contribution in [-0.4, -0.2) is 49.0 Å². The van der Waals surface area contributed by atoms with E-state index in [4.69, 9.17) is 9.26 Å². The number of carbonyl (C=O) groups is 1. The molecule has 1 unspecified atom stereocenters. The Balaban J connectivity index is 1.68. The number of aromatic nitrogens is 1. The number of benzene rings is 2. The SMILES string of the molecule is Cc1noc(C)c1COc1cc2ccccc2cc1C(=O)N(C)C1CCS(=O)(=O)C1. The zero-order chi connectivity index (χ0) is 21.5. The fraction of sp³-hybridized carbons (Fsp3) is 0.364. The van der Waals surface area contributed by atoms with Crippen molar-refractivity contribution >= 4 is 26.5 Å². The number of ether oxygens (including phenoxy) is 1. The van der Waals surface area contributed by atoms with Gasteiger partial charge in [0.2, 0.25) is 0 Å². The van der Waals surface area contributed by atoms with Crippen LogP contribution in [-0.2, 0) is 16.4 Å². The second-order valence-electron chi connectivity index (χ2n) is 7.76. The molecule has 0 radical (unpaired) electrons. The van der Waals surface area contributed by atoms with Gasteiger partial charge in [-0.2, -0.15) is 0 Å². The molecule has 0 bridgehead atoms. The second-order valence-corrected chi connectivity index (χ2v) is 9.99. The number of sulfone groups is 1. The molecular formula is C22H24N2O5S. The highest BCUT2D eigenvalue weighted by atomic mass is 32.2. The number of aryl methyl sites for hydroxylation is 2. The smallest absolute Gasteiger partial charge is 0.257 e. The van der Waals surface area contributed by atoms with E-state index in [2.05, 4.69) is 5.16 Å². The van der Waals surface area contributed by atoms with Gasteiger partial charge in [-0.05, 0) is 43.2 Å². The van der Waals surface area contributed by atoms with Gasteiger partial charge in [0, 0.05) is 13.1 Å². The number of hydrogen-bond donors (Lipinski definition) is 0. The number of fused-ring (bicyclic) bond motifs is 1. The van der Waals surface area contributed by atoms with E-state index in [0.29, 0.717) is 23.5 Å². The fourth-order valence-electron chi connectivity index (χ4n) is 3.80. The van der Waals surface area contributed by atoms with Crippen molar-refractivity contribution in [2.45, 2.75) is 32.9 Å². The summed E-state index contributed by atoms with van der Waals surface area (Å²) in [5.74, 6) is 0.984. The van der Waals surface area contributed by atoms with E-state index in [1.54, 1.807) is 13.1 Å². The van der Waals surface area contributed by atoms with Crippen LogP contribution >= 0.6 is 0 Å². The van der Waals surface area contributed by atoms with Crippen LogP contribution in [0.1, 0.15) is 33.8 Å². The lowest BCUT2D eigenvalue weighted by Crippen LogP contribution is -2.38. The summed E-state index contributed by atoms with van der Waals surface area (Å²) in [4.78, 5) is 14.8. The number of amides is 1. The molecule has 1 aliphatic heterocycles. The minimum atomic E-state index is -3.09. The Hall–Kier alpha value is -2.87. The summed E-state index contributed by atoms with van der Waals surface area (Å²) in [5, 5.41) is 5.81. The highest BCUT2D eigenvalue weighted by Crippen LogP contribution is 2.30. The number of carbonyl (C=O) groups excluding carboxylic acids is 1. The van der Waals surface area contributed by atoms with Crippen molar-refractivity contribution < 1.29 is 22.5 Å². The first-order chi connectivity index (χ1) is 14.2. The summed E-state index contributed by atoms with van der Waals surface area (Å²) >= 11 is 0. The van der Waals surface area contributed by atoms with E-state index in [9.17, 15) is 13.2 Å². The van der Waals surface area contributed by atoms with E-state index in [0.717, 1.165) is 22.0 Å². The molecule has 30 heavy (non-hydrogen) atoms.